The molecule has 3 aromatic carbocycles. The van der Waals surface area contributed by atoms with Crippen LogP contribution in [0.3, 0.4) is 0 Å². The smallest absolute Gasteiger partial charge is 0.404 e. The van der Waals surface area contributed by atoms with Gasteiger partial charge in [0.05, 0.1) is 0 Å². The first kappa shape index (κ1) is 21.9. The van der Waals surface area contributed by atoms with Crippen LogP contribution in [0.2, 0.25) is 0 Å². The standard InChI is InChI=1S/2C6H8N2.C6H7O4P/c2*7-5-1-2-6(8)4-3-5;7-11(8,9)10-6-4-2-1-3-5-6/h2*1-4H,7-8H2;1-5H,(H2,7,8,9). The first-order chi connectivity index (χ1) is 12.7. The Morgan fingerprint density at radius 3 is 1.15 bits per heavy atom. The van der Waals surface area contributed by atoms with Crippen LogP contribution in [0.15, 0.2) is 78.9 Å². The second-order valence-corrected chi connectivity index (χ2v) is 6.39. The van der Waals surface area contributed by atoms with Crippen molar-refractivity contribution >= 4 is 30.6 Å². The van der Waals surface area contributed by atoms with Crippen LogP contribution < -0.4 is 27.5 Å². The van der Waals surface area contributed by atoms with Crippen LogP contribution in [0.5, 0.6) is 5.75 Å². The molecule has 144 valence electrons. The van der Waals surface area contributed by atoms with E-state index in [-0.39, 0.29) is 5.75 Å². The molecule has 8 nitrogen and oxygen atoms in total. The van der Waals surface area contributed by atoms with Gasteiger partial charge in [-0.3, -0.25) is 9.79 Å². The summed E-state index contributed by atoms with van der Waals surface area (Å²) in [6.07, 6.45) is 0. The topological polar surface area (TPSA) is 171 Å². The second-order valence-electron chi connectivity index (χ2n) is 5.23. The number of anilines is 4. The van der Waals surface area contributed by atoms with Gasteiger partial charge in [-0.2, -0.15) is 0 Å². The average molecular weight is 390 g/mol. The van der Waals surface area contributed by atoms with E-state index < -0.39 is 7.82 Å². The van der Waals surface area contributed by atoms with Crippen molar-refractivity contribution in [2.45, 2.75) is 0 Å². The van der Waals surface area contributed by atoms with Gasteiger partial charge in [-0.1, -0.05) is 18.2 Å². The van der Waals surface area contributed by atoms with Crippen molar-refractivity contribution in [3.63, 3.8) is 0 Å². The molecule has 0 radical (unpaired) electrons. The van der Waals surface area contributed by atoms with Gasteiger partial charge in [0, 0.05) is 22.7 Å². The molecule has 0 aliphatic heterocycles. The van der Waals surface area contributed by atoms with Gasteiger partial charge in [0.15, 0.2) is 0 Å². The van der Waals surface area contributed by atoms with Crippen molar-refractivity contribution in [2.24, 2.45) is 0 Å². The lowest BCUT2D eigenvalue weighted by molar-refractivity contribution is 0.283. The summed E-state index contributed by atoms with van der Waals surface area (Å²) in [6, 6.07) is 22.1. The highest BCUT2D eigenvalue weighted by molar-refractivity contribution is 7.46. The molecule has 0 unspecified atom stereocenters. The quantitative estimate of drug-likeness (QED) is 0.286. The van der Waals surface area contributed by atoms with Crippen LogP contribution in [-0.4, -0.2) is 9.79 Å². The fraction of sp³-hybridized carbons (Fsp3) is 0. The molecule has 0 fully saturated rings. The Hall–Kier alpha value is -3.19. The van der Waals surface area contributed by atoms with Gasteiger partial charge in [-0.25, -0.2) is 4.57 Å². The van der Waals surface area contributed by atoms with E-state index in [1.54, 1.807) is 66.7 Å². The number of phosphoric acid groups is 1. The predicted molar refractivity (Wildman–Crippen MR) is 110 cm³/mol. The Labute approximate surface area is 157 Å². The van der Waals surface area contributed by atoms with Gasteiger partial charge in [-0.05, 0) is 60.7 Å². The summed E-state index contributed by atoms with van der Waals surface area (Å²) >= 11 is 0. The normalized spacial score (nSPS) is 9.85. The molecule has 0 atom stereocenters. The first-order valence-electron chi connectivity index (χ1n) is 7.68. The lowest BCUT2D eigenvalue weighted by Crippen LogP contribution is -1.88. The molecule has 27 heavy (non-hydrogen) atoms. The fourth-order valence-electron chi connectivity index (χ4n) is 1.61. The number of phosphoric ester groups is 1. The fourth-order valence-corrected chi connectivity index (χ4v) is 2.01. The van der Waals surface area contributed by atoms with Crippen LogP contribution in [-0.2, 0) is 4.57 Å². The summed E-state index contributed by atoms with van der Waals surface area (Å²) in [5.41, 5.74) is 24.5. The molecule has 0 saturated heterocycles. The third-order valence-corrected chi connectivity index (χ3v) is 3.29. The summed E-state index contributed by atoms with van der Waals surface area (Å²) in [5, 5.41) is 0. The molecule has 0 saturated carbocycles. The van der Waals surface area contributed by atoms with Crippen molar-refractivity contribution in [3.05, 3.63) is 78.9 Å². The molecule has 0 aliphatic carbocycles. The molecule has 3 aromatic rings. The number of hydrogen-bond acceptors (Lipinski definition) is 6. The predicted octanol–water partition coefficient (Wildman–Crippen LogP) is 2.86. The number of benzene rings is 3. The van der Waals surface area contributed by atoms with Gasteiger partial charge >= 0.3 is 7.82 Å². The number of nitrogens with two attached hydrogens (primary N) is 4. The lowest BCUT2D eigenvalue weighted by atomic mass is 10.3. The highest BCUT2D eigenvalue weighted by atomic mass is 31.2. The molecule has 0 amide bonds. The molecule has 0 aliphatic rings. The second kappa shape index (κ2) is 10.7. The number of rotatable bonds is 2. The van der Waals surface area contributed by atoms with Crippen LogP contribution >= 0.6 is 7.82 Å². The largest absolute Gasteiger partial charge is 0.524 e. The molecule has 0 spiro atoms. The van der Waals surface area contributed by atoms with E-state index in [0.29, 0.717) is 0 Å². The maximum absolute atomic E-state index is 10.3. The SMILES string of the molecule is Nc1ccc(N)cc1.Nc1ccc(N)cc1.O=P(O)(O)Oc1ccccc1. The van der Waals surface area contributed by atoms with Crippen molar-refractivity contribution in [3.8, 4) is 5.75 Å². The highest BCUT2D eigenvalue weighted by Gasteiger charge is 2.14. The van der Waals surface area contributed by atoms with Gasteiger partial charge < -0.3 is 27.5 Å². The van der Waals surface area contributed by atoms with E-state index >= 15 is 0 Å². The third-order valence-electron chi connectivity index (χ3n) is 2.84. The summed E-state index contributed by atoms with van der Waals surface area (Å²) in [6.45, 7) is 0. The first-order valence-corrected chi connectivity index (χ1v) is 9.21. The Kier molecular flexibility index (Phi) is 8.68. The molecular formula is C18H23N4O4P. The maximum atomic E-state index is 10.3. The Morgan fingerprint density at radius 2 is 0.889 bits per heavy atom. The lowest BCUT2D eigenvalue weighted by Gasteiger charge is -2.04. The summed E-state index contributed by atoms with van der Waals surface area (Å²) in [5.74, 6) is 0.167. The van der Waals surface area contributed by atoms with Gasteiger partial charge in [0.1, 0.15) is 5.75 Å². The number of para-hydroxylation sites is 1. The zero-order valence-electron chi connectivity index (χ0n) is 14.5. The monoisotopic (exact) mass is 390 g/mol. The third kappa shape index (κ3) is 11.1. The molecule has 10 N–H and O–H groups in total. The van der Waals surface area contributed by atoms with E-state index in [1.807, 2.05) is 0 Å². The zero-order valence-corrected chi connectivity index (χ0v) is 15.4. The summed E-state index contributed by atoms with van der Waals surface area (Å²) in [7, 11) is -4.39. The molecule has 9 heteroatoms. The van der Waals surface area contributed by atoms with Gasteiger partial charge in [-0.15, -0.1) is 0 Å². The highest BCUT2D eigenvalue weighted by Crippen LogP contribution is 2.36. The van der Waals surface area contributed by atoms with E-state index in [4.69, 9.17) is 32.7 Å². The van der Waals surface area contributed by atoms with E-state index in [9.17, 15) is 4.57 Å². The van der Waals surface area contributed by atoms with Gasteiger partial charge in [0.2, 0.25) is 0 Å². The van der Waals surface area contributed by atoms with Crippen LogP contribution in [0, 0.1) is 0 Å². The van der Waals surface area contributed by atoms with Crippen molar-refractivity contribution in [1.29, 1.82) is 0 Å². The summed E-state index contributed by atoms with van der Waals surface area (Å²) < 4.78 is 14.5. The Morgan fingerprint density at radius 1 is 0.593 bits per heavy atom. The number of nitrogen functional groups attached to an aromatic ring is 4. The van der Waals surface area contributed by atoms with Crippen molar-refractivity contribution < 1.29 is 18.9 Å². The maximum Gasteiger partial charge on any atom is 0.524 e. The molecule has 0 aromatic heterocycles. The minimum Gasteiger partial charge on any atom is -0.404 e. The van der Waals surface area contributed by atoms with Crippen LogP contribution in [0.4, 0.5) is 22.7 Å². The minimum absolute atomic E-state index is 0.167. The van der Waals surface area contributed by atoms with Crippen molar-refractivity contribution in [2.75, 3.05) is 22.9 Å². The van der Waals surface area contributed by atoms with Crippen molar-refractivity contribution in [1.82, 2.24) is 0 Å². The zero-order chi connectivity index (χ0) is 20.3. The molecular weight excluding hydrogens is 367 g/mol. The summed E-state index contributed by atoms with van der Waals surface area (Å²) in [4.78, 5) is 16.7. The average Bonchev–Trinajstić information content (AvgIpc) is 2.61. The van der Waals surface area contributed by atoms with E-state index in [2.05, 4.69) is 4.52 Å². The van der Waals surface area contributed by atoms with Crippen LogP contribution in [0.25, 0.3) is 0 Å². The number of hydrogen-bond donors (Lipinski definition) is 6. The Bertz CT molecular complexity index is 752. The van der Waals surface area contributed by atoms with E-state index in [0.717, 1.165) is 22.7 Å². The van der Waals surface area contributed by atoms with Crippen LogP contribution in [0.1, 0.15) is 0 Å². The molecule has 3 rings (SSSR count). The van der Waals surface area contributed by atoms with Gasteiger partial charge in [0.25, 0.3) is 0 Å². The molecule has 0 heterocycles. The minimum atomic E-state index is -4.39. The molecule has 0 bridgehead atoms. The Balaban J connectivity index is 0.000000206. The van der Waals surface area contributed by atoms with E-state index in [1.165, 1.54) is 12.1 Å².